The lowest BCUT2D eigenvalue weighted by molar-refractivity contribution is -0.186. The number of halogens is 1. The molecule has 1 aromatic carbocycles. The van der Waals surface area contributed by atoms with Crippen LogP contribution >= 0.6 is 11.6 Å². The lowest BCUT2D eigenvalue weighted by Crippen LogP contribution is -2.46. The molecular formula is C19H25ClO4. The number of aryl methyl sites for hydroxylation is 1. The highest BCUT2D eigenvalue weighted by Gasteiger charge is 2.44. The van der Waals surface area contributed by atoms with E-state index >= 15 is 0 Å². The lowest BCUT2D eigenvalue weighted by atomic mass is 9.84. The molecule has 1 aliphatic carbocycles. The van der Waals surface area contributed by atoms with Crippen LogP contribution in [0.15, 0.2) is 12.1 Å². The lowest BCUT2D eigenvalue weighted by Gasteiger charge is -2.34. The van der Waals surface area contributed by atoms with Crippen molar-refractivity contribution < 1.29 is 19.1 Å². The molecule has 0 heterocycles. The number of ether oxygens (including phenoxy) is 2. The van der Waals surface area contributed by atoms with Gasteiger partial charge in [-0.15, -0.1) is 0 Å². The van der Waals surface area contributed by atoms with Gasteiger partial charge in [-0.05, 0) is 69.2 Å². The third kappa shape index (κ3) is 4.10. The first kappa shape index (κ1) is 18.8. The molecule has 0 bridgehead atoms. The molecule has 0 amide bonds. The number of hydrogen-bond acceptors (Lipinski definition) is 4. The Morgan fingerprint density at radius 2 is 1.83 bits per heavy atom. The van der Waals surface area contributed by atoms with Crippen LogP contribution in [-0.4, -0.2) is 24.1 Å². The fraction of sp³-hybridized carbons (Fsp3) is 0.579. The normalized spacial score (nSPS) is 16.5. The minimum absolute atomic E-state index is 0.110. The van der Waals surface area contributed by atoms with Gasteiger partial charge in [-0.25, -0.2) is 4.79 Å². The molecule has 24 heavy (non-hydrogen) atoms. The summed E-state index contributed by atoms with van der Waals surface area (Å²) in [4.78, 5) is 24.9. The molecule has 0 aliphatic heterocycles. The highest BCUT2D eigenvalue weighted by atomic mass is 35.5. The molecule has 1 fully saturated rings. The SMILES string of the molecule is CCOC(=O)C1(OC(=O)Cc2c(C)ccc(Cl)c2C)CCCCC1. The summed E-state index contributed by atoms with van der Waals surface area (Å²) in [5, 5.41) is 0.626. The van der Waals surface area contributed by atoms with Crippen molar-refractivity contribution in [2.75, 3.05) is 6.61 Å². The number of carbonyl (C=O) groups excluding carboxylic acids is 2. The molecule has 5 heteroatoms. The quantitative estimate of drug-likeness (QED) is 0.741. The van der Waals surface area contributed by atoms with E-state index in [0.29, 0.717) is 17.9 Å². The molecule has 1 aromatic rings. The van der Waals surface area contributed by atoms with Crippen LogP contribution in [0.5, 0.6) is 0 Å². The second kappa shape index (κ2) is 8.02. The van der Waals surface area contributed by atoms with E-state index in [9.17, 15) is 9.59 Å². The van der Waals surface area contributed by atoms with Gasteiger partial charge >= 0.3 is 11.9 Å². The largest absolute Gasteiger partial charge is 0.463 e. The molecule has 0 spiro atoms. The van der Waals surface area contributed by atoms with E-state index in [1.54, 1.807) is 6.92 Å². The van der Waals surface area contributed by atoms with Gasteiger partial charge in [0.1, 0.15) is 0 Å². The third-order valence-electron chi connectivity index (χ3n) is 4.71. The van der Waals surface area contributed by atoms with Crippen LogP contribution in [0, 0.1) is 13.8 Å². The fourth-order valence-electron chi connectivity index (χ4n) is 3.27. The molecule has 1 aliphatic rings. The smallest absolute Gasteiger partial charge is 0.350 e. The number of benzene rings is 1. The van der Waals surface area contributed by atoms with Crippen molar-refractivity contribution in [3.63, 3.8) is 0 Å². The van der Waals surface area contributed by atoms with Gasteiger partial charge in [0.25, 0.3) is 0 Å². The van der Waals surface area contributed by atoms with E-state index in [1.165, 1.54) is 0 Å². The summed E-state index contributed by atoms with van der Waals surface area (Å²) in [7, 11) is 0. The van der Waals surface area contributed by atoms with Crippen LogP contribution in [0.4, 0.5) is 0 Å². The zero-order valence-electron chi connectivity index (χ0n) is 14.6. The van der Waals surface area contributed by atoms with Crippen LogP contribution in [0.2, 0.25) is 5.02 Å². The molecule has 0 atom stereocenters. The second-order valence-corrected chi connectivity index (χ2v) is 6.80. The van der Waals surface area contributed by atoms with Gasteiger partial charge < -0.3 is 9.47 Å². The Morgan fingerprint density at radius 1 is 1.17 bits per heavy atom. The Labute approximate surface area is 148 Å². The molecule has 0 N–H and O–H groups in total. The van der Waals surface area contributed by atoms with Crippen molar-refractivity contribution >= 4 is 23.5 Å². The molecule has 0 saturated heterocycles. The number of rotatable bonds is 5. The summed E-state index contributed by atoms with van der Waals surface area (Å²) >= 11 is 6.15. The van der Waals surface area contributed by atoms with Crippen molar-refractivity contribution in [1.82, 2.24) is 0 Å². The Hall–Kier alpha value is -1.55. The second-order valence-electron chi connectivity index (χ2n) is 6.39. The zero-order valence-corrected chi connectivity index (χ0v) is 15.4. The van der Waals surface area contributed by atoms with Gasteiger partial charge in [0.15, 0.2) is 0 Å². The highest BCUT2D eigenvalue weighted by Crippen LogP contribution is 2.34. The van der Waals surface area contributed by atoms with Gasteiger partial charge in [0.2, 0.25) is 5.60 Å². The summed E-state index contributed by atoms with van der Waals surface area (Å²) in [6.07, 6.45) is 3.95. The van der Waals surface area contributed by atoms with Crippen molar-refractivity contribution in [2.45, 2.75) is 64.9 Å². The van der Waals surface area contributed by atoms with Crippen molar-refractivity contribution in [3.05, 3.63) is 33.8 Å². The predicted molar refractivity (Wildman–Crippen MR) is 93.2 cm³/mol. The Kier molecular flexibility index (Phi) is 6.27. The van der Waals surface area contributed by atoms with E-state index in [-0.39, 0.29) is 13.0 Å². The monoisotopic (exact) mass is 352 g/mol. The van der Waals surface area contributed by atoms with E-state index < -0.39 is 17.5 Å². The van der Waals surface area contributed by atoms with E-state index in [0.717, 1.165) is 36.0 Å². The topological polar surface area (TPSA) is 52.6 Å². The zero-order chi connectivity index (χ0) is 17.7. The van der Waals surface area contributed by atoms with Gasteiger partial charge in [-0.2, -0.15) is 0 Å². The number of esters is 2. The van der Waals surface area contributed by atoms with Gasteiger partial charge in [-0.1, -0.05) is 24.1 Å². The average Bonchev–Trinajstić information content (AvgIpc) is 2.56. The first-order valence-corrected chi connectivity index (χ1v) is 8.91. The summed E-state index contributed by atoms with van der Waals surface area (Å²) in [6, 6.07) is 3.71. The molecule has 0 radical (unpaired) electrons. The molecule has 0 aromatic heterocycles. The number of hydrogen-bond donors (Lipinski definition) is 0. The predicted octanol–water partition coefficient (Wildman–Crippen LogP) is 4.31. The average molecular weight is 353 g/mol. The first-order chi connectivity index (χ1) is 11.4. The molecule has 0 unspecified atom stereocenters. The summed E-state index contributed by atoms with van der Waals surface area (Å²) < 4.78 is 10.9. The minimum atomic E-state index is -1.12. The van der Waals surface area contributed by atoms with E-state index in [2.05, 4.69) is 0 Å². The van der Waals surface area contributed by atoms with Gasteiger partial charge in [-0.3, -0.25) is 4.79 Å². The van der Waals surface area contributed by atoms with Crippen LogP contribution in [-0.2, 0) is 25.5 Å². The molecule has 4 nitrogen and oxygen atoms in total. The highest BCUT2D eigenvalue weighted by molar-refractivity contribution is 6.31. The fourth-order valence-corrected chi connectivity index (χ4v) is 3.44. The first-order valence-electron chi connectivity index (χ1n) is 8.53. The van der Waals surface area contributed by atoms with Gasteiger partial charge in [0.05, 0.1) is 13.0 Å². The Morgan fingerprint density at radius 3 is 2.46 bits per heavy atom. The van der Waals surface area contributed by atoms with Gasteiger partial charge in [0, 0.05) is 5.02 Å². The maximum atomic E-state index is 12.5. The Balaban J connectivity index is 2.17. The van der Waals surface area contributed by atoms with Crippen molar-refractivity contribution in [3.8, 4) is 0 Å². The molecular weight excluding hydrogens is 328 g/mol. The van der Waals surface area contributed by atoms with E-state index in [1.807, 2.05) is 26.0 Å². The minimum Gasteiger partial charge on any atom is -0.463 e. The summed E-state index contributed by atoms with van der Waals surface area (Å²) in [5.74, 6) is -0.823. The maximum Gasteiger partial charge on any atom is 0.350 e. The standard InChI is InChI=1S/C19H25ClO4/c1-4-23-18(22)19(10-6-5-7-11-19)24-17(21)12-15-13(2)8-9-16(20)14(15)3/h8-9H,4-7,10-12H2,1-3H3. The Bertz CT molecular complexity index is 618. The van der Waals surface area contributed by atoms with Crippen LogP contribution in [0.3, 0.4) is 0 Å². The summed E-state index contributed by atoms with van der Waals surface area (Å²) in [5.41, 5.74) is 1.61. The molecule has 1 saturated carbocycles. The van der Waals surface area contributed by atoms with E-state index in [4.69, 9.17) is 21.1 Å². The van der Waals surface area contributed by atoms with Crippen molar-refractivity contribution in [2.24, 2.45) is 0 Å². The van der Waals surface area contributed by atoms with Crippen LogP contribution in [0.1, 0.15) is 55.7 Å². The third-order valence-corrected chi connectivity index (χ3v) is 5.12. The summed E-state index contributed by atoms with van der Waals surface area (Å²) in [6.45, 7) is 5.87. The van der Waals surface area contributed by atoms with Crippen LogP contribution in [0.25, 0.3) is 0 Å². The van der Waals surface area contributed by atoms with Crippen LogP contribution < -0.4 is 0 Å². The van der Waals surface area contributed by atoms with Crippen molar-refractivity contribution in [1.29, 1.82) is 0 Å². The molecule has 2 rings (SSSR count). The molecule has 132 valence electrons. The maximum absolute atomic E-state index is 12.5. The number of carbonyl (C=O) groups is 2.